The minimum absolute atomic E-state index is 0.118. The van der Waals surface area contributed by atoms with Gasteiger partial charge in [-0.25, -0.2) is 0 Å². The standard InChI is InChI=1S/C17H22ClNO2/c18-14-9-4-8-13(16(14)20)17(21)19-15-10-3-6-11-5-1-2-7-12(11)15/h4,8-9,11-12,15,20H,1-3,5-7,10H2,(H,19,21)/t11-,12-,15-/m1/s1. The van der Waals surface area contributed by atoms with Gasteiger partial charge in [0.15, 0.2) is 0 Å². The number of carbonyl (C=O) groups is 1. The molecule has 0 radical (unpaired) electrons. The second-order valence-corrected chi connectivity index (χ2v) is 6.76. The van der Waals surface area contributed by atoms with Gasteiger partial charge in [0.2, 0.25) is 0 Å². The summed E-state index contributed by atoms with van der Waals surface area (Å²) in [5.41, 5.74) is 0.278. The molecule has 0 spiro atoms. The Morgan fingerprint density at radius 1 is 1.14 bits per heavy atom. The zero-order valence-electron chi connectivity index (χ0n) is 12.1. The van der Waals surface area contributed by atoms with E-state index in [4.69, 9.17) is 11.6 Å². The van der Waals surface area contributed by atoms with Crippen molar-refractivity contribution in [2.75, 3.05) is 0 Å². The molecule has 0 bridgehead atoms. The van der Waals surface area contributed by atoms with Crippen molar-refractivity contribution in [1.29, 1.82) is 0 Å². The van der Waals surface area contributed by atoms with Crippen LogP contribution in [-0.2, 0) is 0 Å². The molecule has 0 aliphatic heterocycles. The van der Waals surface area contributed by atoms with E-state index in [1.165, 1.54) is 38.5 Å². The van der Waals surface area contributed by atoms with Gasteiger partial charge in [0, 0.05) is 6.04 Å². The molecule has 21 heavy (non-hydrogen) atoms. The maximum Gasteiger partial charge on any atom is 0.255 e. The van der Waals surface area contributed by atoms with Crippen LogP contribution in [0.5, 0.6) is 5.75 Å². The minimum atomic E-state index is -0.203. The number of para-hydroxylation sites is 1. The largest absolute Gasteiger partial charge is 0.506 e. The van der Waals surface area contributed by atoms with E-state index in [0.29, 0.717) is 5.92 Å². The number of benzene rings is 1. The number of carbonyl (C=O) groups excluding carboxylic acids is 1. The molecule has 3 nitrogen and oxygen atoms in total. The van der Waals surface area contributed by atoms with Crippen molar-refractivity contribution in [2.45, 2.75) is 51.0 Å². The Morgan fingerprint density at radius 3 is 2.76 bits per heavy atom. The van der Waals surface area contributed by atoms with Crippen LogP contribution in [0.2, 0.25) is 5.02 Å². The van der Waals surface area contributed by atoms with E-state index in [2.05, 4.69) is 5.32 Å². The number of halogens is 1. The van der Waals surface area contributed by atoms with E-state index in [1.54, 1.807) is 18.2 Å². The average Bonchev–Trinajstić information content (AvgIpc) is 2.50. The van der Waals surface area contributed by atoms with E-state index in [9.17, 15) is 9.90 Å². The van der Waals surface area contributed by atoms with Gasteiger partial charge in [-0.1, -0.05) is 49.8 Å². The number of hydrogen-bond donors (Lipinski definition) is 2. The molecule has 1 amide bonds. The molecule has 1 aromatic rings. The van der Waals surface area contributed by atoms with E-state index in [-0.39, 0.29) is 28.3 Å². The second-order valence-electron chi connectivity index (χ2n) is 6.36. The fourth-order valence-electron chi connectivity index (χ4n) is 4.06. The van der Waals surface area contributed by atoms with Crippen LogP contribution in [0.25, 0.3) is 0 Å². The molecular formula is C17H22ClNO2. The number of rotatable bonds is 2. The van der Waals surface area contributed by atoms with Crippen molar-refractivity contribution in [3.05, 3.63) is 28.8 Å². The first kappa shape index (κ1) is 14.7. The molecule has 0 unspecified atom stereocenters. The lowest BCUT2D eigenvalue weighted by Crippen LogP contribution is -2.46. The molecule has 1 aromatic carbocycles. The summed E-state index contributed by atoms with van der Waals surface area (Å²) in [7, 11) is 0. The predicted molar refractivity (Wildman–Crippen MR) is 83.7 cm³/mol. The summed E-state index contributed by atoms with van der Waals surface area (Å²) in [6, 6.07) is 5.15. The highest BCUT2D eigenvalue weighted by Gasteiger charge is 2.35. The first-order valence-corrected chi connectivity index (χ1v) is 8.33. The average molecular weight is 308 g/mol. The van der Waals surface area contributed by atoms with Gasteiger partial charge in [0.1, 0.15) is 5.75 Å². The number of hydrogen-bond acceptors (Lipinski definition) is 2. The van der Waals surface area contributed by atoms with Gasteiger partial charge in [0.25, 0.3) is 5.91 Å². The third-order valence-electron chi connectivity index (χ3n) is 5.12. The summed E-state index contributed by atoms with van der Waals surface area (Å²) in [5, 5.41) is 13.3. The lowest BCUT2D eigenvalue weighted by atomic mass is 9.68. The quantitative estimate of drug-likeness (QED) is 0.863. The van der Waals surface area contributed by atoms with Crippen LogP contribution in [0, 0.1) is 11.8 Å². The summed E-state index contributed by atoms with van der Waals surface area (Å²) < 4.78 is 0. The van der Waals surface area contributed by atoms with E-state index >= 15 is 0 Å². The fraction of sp³-hybridized carbons (Fsp3) is 0.588. The van der Waals surface area contributed by atoms with E-state index < -0.39 is 0 Å². The molecular weight excluding hydrogens is 286 g/mol. The van der Waals surface area contributed by atoms with Crippen molar-refractivity contribution < 1.29 is 9.90 Å². The van der Waals surface area contributed by atoms with Crippen LogP contribution >= 0.6 is 11.6 Å². The molecule has 2 aliphatic carbocycles. The van der Waals surface area contributed by atoms with Crippen LogP contribution in [-0.4, -0.2) is 17.1 Å². The van der Waals surface area contributed by atoms with Gasteiger partial charge in [-0.3, -0.25) is 4.79 Å². The summed E-state index contributed by atoms with van der Waals surface area (Å²) in [6.45, 7) is 0. The molecule has 4 heteroatoms. The zero-order chi connectivity index (χ0) is 14.8. The zero-order valence-corrected chi connectivity index (χ0v) is 12.9. The molecule has 3 rings (SSSR count). The van der Waals surface area contributed by atoms with Gasteiger partial charge in [-0.2, -0.15) is 0 Å². The lowest BCUT2D eigenvalue weighted by molar-refractivity contribution is 0.0821. The van der Waals surface area contributed by atoms with Crippen molar-refractivity contribution in [1.82, 2.24) is 5.32 Å². The molecule has 0 saturated heterocycles. The number of nitrogens with one attached hydrogen (secondary N) is 1. The van der Waals surface area contributed by atoms with E-state index in [0.717, 1.165) is 12.3 Å². The summed E-state index contributed by atoms with van der Waals surface area (Å²) in [4.78, 5) is 12.4. The van der Waals surface area contributed by atoms with Crippen LogP contribution in [0.15, 0.2) is 18.2 Å². The summed E-state index contributed by atoms with van der Waals surface area (Å²) in [5.74, 6) is 1.06. The SMILES string of the molecule is O=C(N[C@@H]1CCC[C@H]2CCCC[C@H]21)c1cccc(Cl)c1O. The van der Waals surface area contributed by atoms with Crippen LogP contribution in [0.1, 0.15) is 55.3 Å². The number of phenols is 1. The summed E-state index contributed by atoms with van der Waals surface area (Å²) in [6.07, 6.45) is 8.67. The highest BCUT2D eigenvalue weighted by Crippen LogP contribution is 2.40. The Kier molecular flexibility index (Phi) is 4.39. The number of phenolic OH excluding ortho intramolecular Hbond substituents is 1. The Balaban J connectivity index is 1.73. The number of amides is 1. The normalized spacial score (nSPS) is 28.7. The Bertz CT molecular complexity index is 530. The minimum Gasteiger partial charge on any atom is -0.506 e. The highest BCUT2D eigenvalue weighted by molar-refractivity contribution is 6.32. The smallest absolute Gasteiger partial charge is 0.255 e. The Labute approximate surface area is 130 Å². The maximum absolute atomic E-state index is 12.4. The van der Waals surface area contributed by atoms with Gasteiger partial charge in [0.05, 0.1) is 10.6 Å². The second kappa shape index (κ2) is 6.27. The summed E-state index contributed by atoms with van der Waals surface area (Å²) >= 11 is 5.88. The van der Waals surface area contributed by atoms with Crippen molar-refractivity contribution in [3.8, 4) is 5.75 Å². The van der Waals surface area contributed by atoms with Gasteiger partial charge < -0.3 is 10.4 Å². The third-order valence-corrected chi connectivity index (χ3v) is 5.43. The number of aromatic hydroxyl groups is 1. The Hall–Kier alpha value is -1.22. The topological polar surface area (TPSA) is 49.3 Å². The fourth-order valence-corrected chi connectivity index (χ4v) is 4.24. The van der Waals surface area contributed by atoms with Gasteiger partial charge in [-0.05, 0) is 36.8 Å². The van der Waals surface area contributed by atoms with Crippen LogP contribution in [0.4, 0.5) is 0 Å². The van der Waals surface area contributed by atoms with Gasteiger partial charge in [-0.15, -0.1) is 0 Å². The highest BCUT2D eigenvalue weighted by atomic mass is 35.5. The molecule has 3 atom stereocenters. The Morgan fingerprint density at radius 2 is 1.90 bits per heavy atom. The molecule has 2 N–H and O–H groups in total. The monoisotopic (exact) mass is 307 g/mol. The van der Waals surface area contributed by atoms with Crippen molar-refractivity contribution >= 4 is 17.5 Å². The molecule has 2 fully saturated rings. The maximum atomic E-state index is 12.4. The molecule has 0 heterocycles. The molecule has 114 valence electrons. The molecule has 2 aliphatic rings. The first-order valence-electron chi connectivity index (χ1n) is 7.95. The van der Waals surface area contributed by atoms with Crippen LogP contribution < -0.4 is 5.32 Å². The van der Waals surface area contributed by atoms with Gasteiger partial charge >= 0.3 is 0 Å². The first-order chi connectivity index (χ1) is 10.2. The molecule has 0 aromatic heterocycles. The van der Waals surface area contributed by atoms with E-state index in [1.807, 2.05) is 0 Å². The van der Waals surface area contributed by atoms with Crippen LogP contribution in [0.3, 0.4) is 0 Å². The van der Waals surface area contributed by atoms with Crippen molar-refractivity contribution in [2.24, 2.45) is 11.8 Å². The third kappa shape index (κ3) is 3.03. The number of fused-ring (bicyclic) bond motifs is 1. The lowest BCUT2D eigenvalue weighted by Gasteiger charge is -2.41. The van der Waals surface area contributed by atoms with Crippen molar-refractivity contribution in [3.63, 3.8) is 0 Å². The predicted octanol–water partition coefficient (Wildman–Crippen LogP) is 4.13. The molecule has 2 saturated carbocycles.